The van der Waals surface area contributed by atoms with E-state index in [4.69, 9.17) is 9.84 Å². The molecule has 0 saturated heterocycles. The smallest absolute Gasteiger partial charge is 0.251 e. The van der Waals surface area contributed by atoms with Crippen LogP contribution in [0.2, 0.25) is 0 Å². The van der Waals surface area contributed by atoms with Gasteiger partial charge in [0.1, 0.15) is 5.75 Å². The van der Waals surface area contributed by atoms with Crippen LogP contribution in [0.3, 0.4) is 0 Å². The van der Waals surface area contributed by atoms with E-state index in [1.54, 1.807) is 12.1 Å². The predicted octanol–water partition coefficient (Wildman–Crippen LogP) is 0.909. The molecule has 1 rings (SSSR count). The van der Waals surface area contributed by atoms with Crippen molar-refractivity contribution in [2.45, 2.75) is 19.4 Å². The number of carbonyl (C=O) groups is 1. The van der Waals surface area contributed by atoms with E-state index in [1.807, 2.05) is 6.92 Å². The van der Waals surface area contributed by atoms with Crippen LogP contribution in [0.5, 0.6) is 5.75 Å². The second-order valence-corrected chi connectivity index (χ2v) is 3.85. The number of benzene rings is 1. The molecule has 1 atom stereocenters. The van der Waals surface area contributed by atoms with Gasteiger partial charge in [0.15, 0.2) is 0 Å². The number of phenols is 1. The van der Waals surface area contributed by atoms with Gasteiger partial charge in [0.25, 0.3) is 5.91 Å². The molecular weight excluding hydrogens is 234 g/mol. The maximum Gasteiger partial charge on any atom is 0.251 e. The molecule has 5 nitrogen and oxygen atoms in total. The van der Waals surface area contributed by atoms with Gasteiger partial charge in [-0.15, -0.1) is 0 Å². The highest BCUT2D eigenvalue weighted by Gasteiger charge is 2.09. The maximum atomic E-state index is 11.7. The van der Waals surface area contributed by atoms with E-state index in [9.17, 15) is 9.90 Å². The maximum absolute atomic E-state index is 11.7. The molecule has 0 aromatic heterocycles. The summed E-state index contributed by atoms with van der Waals surface area (Å²) < 4.78 is 5.26. The van der Waals surface area contributed by atoms with Crippen molar-refractivity contribution < 1.29 is 19.7 Å². The molecule has 0 spiro atoms. The summed E-state index contributed by atoms with van der Waals surface area (Å²) in [5.41, 5.74) is 0.409. The van der Waals surface area contributed by atoms with Crippen LogP contribution in [-0.2, 0) is 4.74 Å². The third kappa shape index (κ3) is 4.73. The van der Waals surface area contributed by atoms with Gasteiger partial charge >= 0.3 is 0 Å². The van der Waals surface area contributed by atoms with Gasteiger partial charge in [0.2, 0.25) is 0 Å². The molecule has 0 saturated carbocycles. The number of ether oxygens (including phenoxy) is 1. The molecule has 1 aromatic rings. The van der Waals surface area contributed by atoms with Crippen LogP contribution in [0.1, 0.15) is 23.7 Å². The van der Waals surface area contributed by atoms with Crippen LogP contribution in [-0.4, -0.2) is 42.0 Å². The van der Waals surface area contributed by atoms with Crippen molar-refractivity contribution in [1.82, 2.24) is 5.32 Å². The SMILES string of the molecule is CCO[C@H](CO)CCNC(=O)c1cccc(O)c1. The van der Waals surface area contributed by atoms with Gasteiger partial charge in [-0.25, -0.2) is 0 Å². The number of nitrogens with one attached hydrogen (secondary N) is 1. The van der Waals surface area contributed by atoms with Crippen LogP contribution in [0.15, 0.2) is 24.3 Å². The Morgan fingerprint density at radius 2 is 2.28 bits per heavy atom. The van der Waals surface area contributed by atoms with Gasteiger partial charge in [-0.3, -0.25) is 4.79 Å². The summed E-state index contributed by atoms with van der Waals surface area (Å²) in [7, 11) is 0. The summed E-state index contributed by atoms with van der Waals surface area (Å²) in [4.78, 5) is 11.7. The highest BCUT2D eigenvalue weighted by atomic mass is 16.5. The summed E-state index contributed by atoms with van der Waals surface area (Å²) in [5, 5.41) is 21.0. The number of aliphatic hydroxyl groups excluding tert-OH is 1. The first-order valence-corrected chi connectivity index (χ1v) is 5.97. The summed E-state index contributed by atoms with van der Waals surface area (Å²) in [6.07, 6.45) is 0.300. The normalized spacial score (nSPS) is 12.1. The molecule has 0 fully saturated rings. The second kappa shape index (κ2) is 7.68. The van der Waals surface area contributed by atoms with Crippen molar-refractivity contribution in [3.05, 3.63) is 29.8 Å². The topological polar surface area (TPSA) is 78.8 Å². The molecule has 1 amide bonds. The Hall–Kier alpha value is -1.59. The molecule has 0 aliphatic rings. The zero-order valence-electron chi connectivity index (χ0n) is 10.4. The number of hydrogen-bond donors (Lipinski definition) is 3. The fourth-order valence-corrected chi connectivity index (χ4v) is 1.56. The van der Waals surface area contributed by atoms with E-state index >= 15 is 0 Å². The zero-order valence-corrected chi connectivity index (χ0v) is 10.4. The Kier molecular flexibility index (Phi) is 6.18. The minimum Gasteiger partial charge on any atom is -0.508 e. The van der Waals surface area contributed by atoms with Crippen molar-refractivity contribution in [2.24, 2.45) is 0 Å². The molecule has 5 heteroatoms. The molecule has 3 N–H and O–H groups in total. The number of phenolic OH excluding ortho intramolecular Hbond substituents is 1. The molecular formula is C13H19NO4. The van der Waals surface area contributed by atoms with Crippen LogP contribution in [0.25, 0.3) is 0 Å². The van der Waals surface area contributed by atoms with E-state index in [-0.39, 0.29) is 24.4 Å². The van der Waals surface area contributed by atoms with E-state index in [0.717, 1.165) is 0 Å². The molecule has 1 aromatic carbocycles. The summed E-state index contributed by atoms with van der Waals surface area (Å²) in [6, 6.07) is 6.15. The van der Waals surface area contributed by atoms with Crippen molar-refractivity contribution in [3.63, 3.8) is 0 Å². The number of aromatic hydroxyl groups is 1. The van der Waals surface area contributed by atoms with Crippen LogP contribution < -0.4 is 5.32 Å². The van der Waals surface area contributed by atoms with E-state index in [2.05, 4.69) is 5.32 Å². The van der Waals surface area contributed by atoms with Gasteiger partial charge in [-0.2, -0.15) is 0 Å². The highest BCUT2D eigenvalue weighted by Crippen LogP contribution is 2.10. The first-order chi connectivity index (χ1) is 8.67. The van der Waals surface area contributed by atoms with E-state index in [0.29, 0.717) is 25.1 Å². The molecule has 0 aliphatic heterocycles. The van der Waals surface area contributed by atoms with Gasteiger partial charge in [-0.1, -0.05) is 6.07 Å². The van der Waals surface area contributed by atoms with Crippen LogP contribution in [0.4, 0.5) is 0 Å². The van der Waals surface area contributed by atoms with Crippen LogP contribution >= 0.6 is 0 Å². The lowest BCUT2D eigenvalue weighted by Crippen LogP contribution is -2.29. The molecule has 0 radical (unpaired) electrons. The Bertz CT molecular complexity index is 381. The minimum absolute atomic E-state index is 0.0597. The molecule has 0 unspecified atom stereocenters. The van der Waals surface area contributed by atoms with Crippen molar-refractivity contribution >= 4 is 5.91 Å². The second-order valence-electron chi connectivity index (χ2n) is 3.85. The first-order valence-electron chi connectivity index (χ1n) is 5.97. The first kappa shape index (κ1) is 14.5. The lowest BCUT2D eigenvalue weighted by Gasteiger charge is -2.14. The largest absolute Gasteiger partial charge is 0.508 e. The summed E-state index contributed by atoms with van der Waals surface area (Å²) in [5.74, 6) is -0.190. The lowest BCUT2D eigenvalue weighted by atomic mass is 10.2. The lowest BCUT2D eigenvalue weighted by molar-refractivity contribution is 0.0154. The summed E-state index contributed by atoms with van der Waals surface area (Å²) in [6.45, 7) is 2.75. The third-order valence-electron chi connectivity index (χ3n) is 2.47. The number of aliphatic hydroxyl groups is 1. The van der Waals surface area contributed by atoms with E-state index < -0.39 is 0 Å². The standard InChI is InChI=1S/C13H19NO4/c1-2-18-12(9-15)6-7-14-13(17)10-4-3-5-11(16)8-10/h3-5,8,12,15-16H,2,6-7,9H2,1H3,(H,14,17)/t12-/m0/s1. The minimum atomic E-state index is -0.251. The van der Waals surface area contributed by atoms with Crippen LogP contribution in [0, 0.1) is 0 Å². The third-order valence-corrected chi connectivity index (χ3v) is 2.47. The molecule has 0 heterocycles. The Morgan fingerprint density at radius 1 is 1.50 bits per heavy atom. The van der Waals surface area contributed by atoms with E-state index in [1.165, 1.54) is 12.1 Å². The molecule has 0 aliphatic carbocycles. The van der Waals surface area contributed by atoms with Crippen molar-refractivity contribution in [2.75, 3.05) is 19.8 Å². The number of carbonyl (C=O) groups excluding carboxylic acids is 1. The fraction of sp³-hybridized carbons (Fsp3) is 0.462. The highest BCUT2D eigenvalue weighted by molar-refractivity contribution is 5.94. The zero-order chi connectivity index (χ0) is 13.4. The number of rotatable bonds is 7. The Labute approximate surface area is 106 Å². The van der Waals surface area contributed by atoms with Crippen molar-refractivity contribution in [1.29, 1.82) is 0 Å². The van der Waals surface area contributed by atoms with Gasteiger partial charge in [0.05, 0.1) is 12.7 Å². The fourth-order valence-electron chi connectivity index (χ4n) is 1.56. The number of hydrogen-bond acceptors (Lipinski definition) is 4. The average Bonchev–Trinajstić information content (AvgIpc) is 2.37. The Balaban J connectivity index is 2.37. The molecule has 18 heavy (non-hydrogen) atoms. The monoisotopic (exact) mass is 253 g/mol. The predicted molar refractivity (Wildman–Crippen MR) is 67.6 cm³/mol. The summed E-state index contributed by atoms with van der Waals surface area (Å²) >= 11 is 0. The van der Waals surface area contributed by atoms with Gasteiger partial charge in [0, 0.05) is 18.7 Å². The Morgan fingerprint density at radius 3 is 2.89 bits per heavy atom. The van der Waals surface area contributed by atoms with Gasteiger partial charge in [-0.05, 0) is 31.5 Å². The van der Waals surface area contributed by atoms with Crippen molar-refractivity contribution in [3.8, 4) is 5.75 Å². The quantitative estimate of drug-likeness (QED) is 0.675. The average molecular weight is 253 g/mol. The van der Waals surface area contributed by atoms with Gasteiger partial charge < -0.3 is 20.3 Å². The number of amides is 1. The molecule has 0 bridgehead atoms. The molecule has 100 valence electrons.